The standard InChI is InChI=1S/C30H35N3O3/c1-20-15-16-33-25(17-20)31-26(27(33)32-30(5,6)19-29(2,3)4)23-13-8-9-14-24(23)36-28(34)21-11-10-12-22(18-21)35-7/h8-18,32H,19H2,1-7H3. The molecule has 0 aliphatic rings. The fourth-order valence-corrected chi connectivity index (χ4v) is 4.80. The van der Waals surface area contributed by atoms with Crippen LogP contribution in [0.1, 0.15) is 57.0 Å². The molecular formula is C30H35N3O3. The van der Waals surface area contributed by atoms with Gasteiger partial charge in [-0.2, -0.15) is 0 Å². The number of esters is 1. The zero-order chi connectivity index (χ0) is 26.1. The van der Waals surface area contributed by atoms with Crippen molar-refractivity contribution in [3.05, 3.63) is 78.0 Å². The molecule has 4 aromatic rings. The van der Waals surface area contributed by atoms with Gasteiger partial charge in [0.2, 0.25) is 0 Å². The van der Waals surface area contributed by atoms with E-state index >= 15 is 0 Å². The third-order valence-electron chi connectivity index (χ3n) is 5.86. The van der Waals surface area contributed by atoms with Crippen LogP contribution in [-0.4, -0.2) is 28.0 Å². The van der Waals surface area contributed by atoms with E-state index in [1.807, 2.05) is 24.4 Å². The number of nitrogens with zero attached hydrogens (tertiary/aromatic N) is 2. The summed E-state index contributed by atoms with van der Waals surface area (Å²) in [6, 6.07) is 18.6. The van der Waals surface area contributed by atoms with Gasteiger partial charge in [-0.3, -0.25) is 4.40 Å². The van der Waals surface area contributed by atoms with Crippen molar-refractivity contribution in [3.63, 3.8) is 0 Å². The van der Waals surface area contributed by atoms with Crippen LogP contribution in [0.3, 0.4) is 0 Å². The van der Waals surface area contributed by atoms with Crippen molar-refractivity contribution in [1.29, 1.82) is 0 Å². The number of pyridine rings is 1. The molecule has 188 valence electrons. The molecule has 0 saturated heterocycles. The average molecular weight is 486 g/mol. The highest BCUT2D eigenvalue weighted by Crippen LogP contribution is 2.38. The Morgan fingerprint density at radius 3 is 2.47 bits per heavy atom. The summed E-state index contributed by atoms with van der Waals surface area (Å²) in [5.41, 5.74) is 3.77. The maximum absolute atomic E-state index is 13.0. The fourth-order valence-electron chi connectivity index (χ4n) is 4.80. The first-order valence-corrected chi connectivity index (χ1v) is 12.2. The second-order valence-electron chi connectivity index (χ2n) is 11.1. The Hall–Kier alpha value is -3.80. The van der Waals surface area contributed by atoms with Crippen LogP contribution in [0.2, 0.25) is 0 Å². The van der Waals surface area contributed by atoms with Crippen LogP contribution in [0.15, 0.2) is 66.9 Å². The van der Waals surface area contributed by atoms with E-state index in [9.17, 15) is 4.79 Å². The second kappa shape index (κ2) is 9.69. The molecule has 0 radical (unpaired) electrons. The Balaban J connectivity index is 1.79. The van der Waals surface area contributed by atoms with E-state index < -0.39 is 5.97 Å². The van der Waals surface area contributed by atoms with Gasteiger partial charge in [-0.15, -0.1) is 0 Å². The normalized spacial score (nSPS) is 12.0. The number of carbonyl (C=O) groups is 1. The maximum Gasteiger partial charge on any atom is 0.343 e. The highest BCUT2D eigenvalue weighted by atomic mass is 16.5. The SMILES string of the molecule is COc1cccc(C(=O)Oc2ccccc2-c2nc3cc(C)ccn3c2NC(C)(C)CC(C)(C)C)c1. The van der Waals surface area contributed by atoms with Crippen molar-refractivity contribution in [1.82, 2.24) is 9.38 Å². The van der Waals surface area contributed by atoms with Crippen LogP contribution >= 0.6 is 0 Å². The molecule has 2 heterocycles. The summed E-state index contributed by atoms with van der Waals surface area (Å²) >= 11 is 0. The van der Waals surface area contributed by atoms with E-state index in [4.69, 9.17) is 14.5 Å². The molecule has 0 bridgehead atoms. The highest BCUT2D eigenvalue weighted by molar-refractivity contribution is 5.93. The second-order valence-corrected chi connectivity index (χ2v) is 11.1. The van der Waals surface area contributed by atoms with Crippen LogP contribution in [0.25, 0.3) is 16.9 Å². The molecule has 36 heavy (non-hydrogen) atoms. The molecule has 1 N–H and O–H groups in total. The quantitative estimate of drug-likeness (QED) is 0.222. The van der Waals surface area contributed by atoms with Gasteiger partial charge >= 0.3 is 5.97 Å². The first-order chi connectivity index (χ1) is 17.0. The van der Waals surface area contributed by atoms with E-state index in [0.29, 0.717) is 17.1 Å². The Morgan fingerprint density at radius 2 is 1.75 bits per heavy atom. The summed E-state index contributed by atoms with van der Waals surface area (Å²) in [4.78, 5) is 18.0. The summed E-state index contributed by atoms with van der Waals surface area (Å²) in [6.45, 7) is 13.2. The molecule has 0 aliphatic heterocycles. The predicted octanol–water partition coefficient (Wildman–Crippen LogP) is 7.16. The molecule has 6 nitrogen and oxygen atoms in total. The zero-order valence-electron chi connectivity index (χ0n) is 22.2. The predicted molar refractivity (Wildman–Crippen MR) is 145 cm³/mol. The number of benzene rings is 2. The molecule has 2 aromatic carbocycles. The van der Waals surface area contributed by atoms with Crippen molar-refractivity contribution in [2.45, 2.75) is 53.5 Å². The van der Waals surface area contributed by atoms with Crippen LogP contribution < -0.4 is 14.8 Å². The Labute approximate surface area is 213 Å². The van der Waals surface area contributed by atoms with Crippen molar-refractivity contribution >= 4 is 17.4 Å². The number of carbonyl (C=O) groups excluding carboxylic acids is 1. The molecule has 0 spiro atoms. The molecular weight excluding hydrogens is 450 g/mol. The van der Waals surface area contributed by atoms with Gasteiger partial charge in [0.15, 0.2) is 0 Å². The number of rotatable bonds is 7. The number of nitrogens with one attached hydrogen (secondary N) is 1. The van der Waals surface area contributed by atoms with Gasteiger partial charge < -0.3 is 14.8 Å². The molecule has 2 aromatic heterocycles. The number of aromatic nitrogens is 2. The van der Waals surface area contributed by atoms with E-state index in [0.717, 1.165) is 34.7 Å². The number of hydrogen-bond acceptors (Lipinski definition) is 5. The summed E-state index contributed by atoms with van der Waals surface area (Å²) in [5, 5.41) is 3.76. The van der Waals surface area contributed by atoms with Crippen molar-refractivity contribution in [3.8, 4) is 22.8 Å². The van der Waals surface area contributed by atoms with Crippen LogP contribution in [-0.2, 0) is 0 Å². The molecule has 0 saturated carbocycles. The molecule has 0 amide bonds. The number of aryl methyl sites for hydroxylation is 1. The number of hydrogen-bond donors (Lipinski definition) is 1. The largest absolute Gasteiger partial charge is 0.497 e. The smallest absolute Gasteiger partial charge is 0.343 e. The van der Waals surface area contributed by atoms with Crippen molar-refractivity contribution in [2.24, 2.45) is 5.41 Å². The number of anilines is 1. The lowest BCUT2D eigenvalue weighted by molar-refractivity contribution is 0.0735. The Morgan fingerprint density at radius 1 is 1.00 bits per heavy atom. The van der Waals surface area contributed by atoms with Crippen molar-refractivity contribution in [2.75, 3.05) is 12.4 Å². The first kappa shape index (κ1) is 25.3. The van der Waals surface area contributed by atoms with Gasteiger partial charge in [0.05, 0.1) is 12.7 Å². The van der Waals surface area contributed by atoms with Gasteiger partial charge in [0.25, 0.3) is 0 Å². The maximum atomic E-state index is 13.0. The monoisotopic (exact) mass is 485 g/mol. The third-order valence-corrected chi connectivity index (χ3v) is 5.86. The number of para-hydroxylation sites is 1. The van der Waals surface area contributed by atoms with Crippen LogP contribution in [0, 0.1) is 12.3 Å². The van der Waals surface area contributed by atoms with Crippen LogP contribution in [0.4, 0.5) is 5.82 Å². The van der Waals surface area contributed by atoms with Gasteiger partial charge in [-0.25, -0.2) is 9.78 Å². The lowest BCUT2D eigenvalue weighted by atomic mass is 9.82. The van der Waals surface area contributed by atoms with Gasteiger partial charge in [-0.05, 0) is 80.6 Å². The minimum atomic E-state index is -0.455. The van der Waals surface area contributed by atoms with E-state index in [1.54, 1.807) is 37.4 Å². The van der Waals surface area contributed by atoms with E-state index in [1.165, 1.54) is 0 Å². The molecule has 0 aliphatic carbocycles. The summed E-state index contributed by atoms with van der Waals surface area (Å²) in [6.07, 6.45) is 2.98. The lowest BCUT2D eigenvalue weighted by Crippen LogP contribution is -2.36. The molecule has 0 atom stereocenters. The topological polar surface area (TPSA) is 64.9 Å². The molecule has 4 rings (SSSR count). The number of imidazole rings is 1. The Bertz CT molecular complexity index is 1400. The molecule has 6 heteroatoms. The summed E-state index contributed by atoms with van der Waals surface area (Å²) in [5.74, 6) is 1.45. The number of methoxy groups -OCH3 is 1. The Kier molecular flexibility index (Phi) is 6.81. The fraction of sp³-hybridized carbons (Fsp3) is 0.333. The number of ether oxygens (including phenoxy) is 2. The highest BCUT2D eigenvalue weighted by Gasteiger charge is 2.29. The molecule has 0 unspecified atom stereocenters. The minimum Gasteiger partial charge on any atom is -0.497 e. The van der Waals surface area contributed by atoms with Gasteiger partial charge in [0, 0.05) is 17.3 Å². The lowest BCUT2D eigenvalue weighted by Gasteiger charge is -2.34. The summed E-state index contributed by atoms with van der Waals surface area (Å²) < 4.78 is 13.2. The van der Waals surface area contributed by atoms with Crippen LogP contribution in [0.5, 0.6) is 11.5 Å². The average Bonchev–Trinajstić information content (AvgIpc) is 3.14. The molecule has 0 fully saturated rings. The van der Waals surface area contributed by atoms with Gasteiger partial charge in [-0.1, -0.05) is 39.0 Å². The zero-order valence-corrected chi connectivity index (χ0v) is 22.2. The number of fused-ring (bicyclic) bond motifs is 1. The van der Waals surface area contributed by atoms with Crippen molar-refractivity contribution < 1.29 is 14.3 Å². The summed E-state index contributed by atoms with van der Waals surface area (Å²) in [7, 11) is 1.57. The van der Waals surface area contributed by atoms with Gasteiger partial charge in [0.1, 0.15) is 28.7 Å². The van der Waals surface area contributed by atoms with E-state index in [-0.39, 0.29) is 11.0 Å². The minimum absolute atomic E-state index is 0.137. The third kappa shape index (κ3) is 5.70. The van der Waals surface area contributed by atoms with E-state index in [2.05, 4.69) is 63.4 Å². The first-order valence-electron chi connectivity index (χ1n) is 12.2.